The Kier molecular flexibility index (Phi) is 6.21. The van der Waals surface area contributed by atoms with Gasteiger partial charge in [-0.1, -0.05) is 6.07 Å². The van der Waals surface area contributed by atoms with Crippen molar-refractivity contribution < 1.29 is 0 Å². The van der Waals surface area contributed by atoms with E-state index in [9.17, 15) is 0 Å². The molecule has 1 atom stereocenters. The molecule has 0 saturated heterocycles. The van der Waals surface area contributed by atoms with Crippen LogP contribution in [0.2, 0.25) is 0 Å². The molecule has 0 spiro atoms. The van der Waals surface area contributed by atoms with Gasteiger partial charge in [-0.15, -0.1) is 0 Å². The maximum Gasteiger partial charge on any atom is 0.123 e. The molecule has 2 N–H and O–H groups in total. The van der Waals surface area contributed by atoms with E-state index in [1.807, 2.05) is 12.4 Å². The number of rotatable bonds is 8. The van der Waals surface area contributed by atoms with E-state index in [2.05, 4.69) is 46.6 Å². The smallest absolute Gasteiger partial charge is 0.123 e. The summed E-state index contributed by atoms with van der Waals surface area (Å²) in [6.45, 7) is 7.09. The predicted molar refractivity (Wildman–Crippen MR) is 101 cm³/mol. The van der Waals surface area contributed by atoms with Crippen molar-refractivity contribution in [3.05, 3.63) is 47.8 Å². The molecule has 2 aromatic rings. The normalized spacial score (nSPS) is 17.2. The minimum Gasteiger partial charge on any atom is -0.331 e. The zero-order valence-corrected chi connectivity index (χ0v) is 15.6. The monoisotopic (exact) mass is 341 g/mol. The minimum absolute atomic E-state index is 0.389. The lowest BCUT2D eigenvalue weighted by Crippen LogP contribution is -2.34. The van der Waals surface area contributed by atoms with Crippen LogP contribution in [0, 0.1) is 0 Å². The molecule has 0 amide bonds. The first-order chi connectivity index (χ1) is 12.2. The quantitative estimate of drug-likeness (QED) is 0.747. The Hall–Kier alpha value is -1.72. The predicted octanol–water partition coefficient (Wildman–Crippen LogP) is 3.48. The van der Waals surface area contributed by atoms with Crippen molar-refractivity contribution in [2.75, 3.05) is 13.1 Å². The molecule has 5 nitrogen and oxygen atoms in total. The molecule has 0 fully saturated rings. The second-order valence-corrected chi connectivity index (χ2v) is 7.27. The molecule has 1 aliphatic carbocycles. The molecule has 1 unspecified atom stereocenters. The number of hydrogen-bond acceptors (Lipinski definition) is 4. The van der Waals surface area contributed by atoms with Crippen molar-refractivity contribution in [3.63, 3.8) is 0 Å². The van der Waals surface area contributed by atoms with Crippen LogP contribution >= 0.6 is 0 Å². The summed E-state index contributed by atoms with van der Waals surface area (Å²) in [6, 6.07) is 5.12. The SMILES string of the molecule is CC(C)n1ccnc1CN(CCCCN)C1CCCc2cccnc21. The lowest BCUT2D eigenvalue weighted by molar-refractivity contribution is 0.156. The number of nitrogens with zero attached hydrogens (tertiary/aromatic N) is 4. The average molecular weight is 342 g/mol. The molecule has 2 aromatic heterocycles. The van der Waals surface area contributed by atoms with Crippen LogP contribution in [0.4, 0.5) is 0 Å². The highest BCUT2D eigenvalue weighted by molar-refractivity contribution is 5.25. The van der Waals surface area contributed by atoms with E-state index in [1.54, 1.807) is 0 Å². The zero-order chi connectivity index (χ0) is 17.6. The van der Waals surface area contributed by atoms with Crippen LogP contribution in [0.3, 0.4) is 0 Å². The van der Waals surface area contributed by atoms with E-state index in [0.29, 0.717) is 12.1 Å². The first kappa shape index (κ1) is 18.1. The molecule has 0 aliphatic heterocycles. The van der Waals surface area contributed by atoms with Crippen molar-refractivity contribution in [2.45, 2.75) is 64.6 Å². The Balaban J connectivity index is 1.84. The van der Waals surface area contributed by atoms with Crippen LogP contribution in [0.15, 0.2) is 30.7 Å². The Labute approximate surface area is 151 Å². The van der Waals surface area contributed by atoms with Gasteiger partial charge in [-0.25, -0.2) is 4.98 Å². The fraction of sp³-hybridized carbons (Fsp3) is 0.600. The molecule has 0 saturated carbocycles. The van der Waals surface area contributed by atoms with Gasteiger partial charge < -0.3 is 10.3 Å². The van der Waals surface area contributed by atoms with E-state index < -0.39 is 0 Å². The van der Waals surface area contributed by atoms with Crippen molar-refractivity contribution >= 4 is 0 Å². The van der Waals surface area contributed by atoms with Gasteiger partial charge in [0.25, 0.3) is 0 Å². The lowest BCUT2D eigenvalue weighted by atomic mass is 9.90. The summed E-state index contributed by atoms with van der Waals surface area (Å²) >= 11 is 0. The largest absolute Gasteiger partial charge is 0.331 e. The fourth-order valence-electron chi connectivity index (χ4n) is 3.86. The van der Waals surface area contributed by atoms with E-state index in [1.165, 1.54) is 24.1 Å². The van der Waals surface area contributed by atoms with E-state index in [0.717, 1.165) is 44.7 Å². The van der Waals surface area contributed by atoms with Crippen LogP contribution in [-0.2, 0) is 13.0 Å². The maximum absolute atomic E-state index is 5.72. The number of aryl methyl sites for hydroxylation is 1. The molecule has 1 aliphatic rings. The molecular formula is C20H31N5. The molecule has 0 aromatic carbocycles. The first-order valence-electron chi connectivity index (χ1n) is 9.60. The molecule has 5 heteroatoms. The van der Waals surface area contributed by atoms with Gasteiger partial charge in [-0.2, -0.15) is 0 Å². The van der Waals surface area contributed by atoms with Crippen LogP contribution < -0.4 is 5.73 Å². The number of imidazole rings is 1. The summed E-state index contributed by atoms with van der Waals surface area (Å²) in [4.78, 5) is 11.9. The van der Waals surface area contributed by atoms with Crippen molar-refractivity contribution in [1.29, 1.82) is 0 Å². The van der Waals surface area contributed by atoms with Gasteiger partial charge in [0, 0.05) is 24.6 Å². The summed E-state index contributed by atoms with van der Waals surface area (Å²) in [6.07, 6.45) is 11.7. The van der Waals surface area contributed by atoms with Crippen LogP contribution in [0.5, 0.6) is 0 Å². The molecule has 2 heterocycles. The van der Waals surface area contributed by atoms with Crippen LogP contribution in [0.25, 0.3) is 0 Å². The Morgan fingerprint density at radius 3 is 2.96 bits per heavy atom. The third-order valence-electron chi connectivity index (χ3n) is 5.16. The van der Waals surface area contributed by atoms with Crippen molar-refractivity contribution in [2.24, 2.45) is 5.73 Å². The summed E-state index contributed by atoms with van der Waals surface area (Å²) < 4.78 is 2.28. The van der Waals surface area contributed by atoms with Gasteiger partial charge >= 0.3 is 0 Å². The van der Waals surface area contributed by atoms with E-state index >= 15 is 0 Å². The highest BCUT2D eigenvalue weighted by atomic mass is 15.2. The van der Waals surface area contributed by atoms with Crippen LogP contribution in [0.1, 0.15) is 68.7 Å². The Bertz CT molecular complexity index is 664. The first-order valence-corrected chi connectivity index (χ1v) is 9.60. The van der Waals surface area contributed by atoms with Gasteiger partial charge in [0.15, 0.2) is 0 Å². The highest BCUT2D eigenvalue weighted by Gasteiger charge is 2.27. The van der Waals surface area contributed by atoms with E-state index in [4.69, 9.17) is 10.7 Å². The summed E-state index contributed by atoms with van der Waals surface area (Å²) in [7, 11) is 0. The van der Waals surface area contributed by atoms with E-state index in [-0.39, 0.29) is 0 Å². The summed E-state index contributed by atoms with van der Waals surface area (Å²) in [5.41, 5.74) is 8.40. The molecule has 3 rings (SSSR count). The summed E-state index contributed by atoms with van der Waals surface area (Å²) in [5.74, 6) is 1.14. The fourth-order valence-corrected chi connectivity index (χ4v) is 3.86. The zero-order valence-electron chi connectivity index (χ0n) is 15.6. The Morgan fingerprint density at radius 1 is 1.28 bits per heavy atom. The van der Waals surface area contributed by atoms with Gasteiger partial charge in [0.2, 0.25) is 0 Å². The second-order valence-electron chi connectivity index (χ2n) is 7.27. The number of unbranched alkanes of at least 4 members (excludes halogenated alkanes) is 1. The van der Waals surface area contributed by atoms with Crippen molar-refractivity contribution in [3.8, 4) is 0 Å². The highest BCUT2D eigenvalue weighted by Crippen LogP contribution is 2.33. The number of aromatic nitrogens is 3. The molecular weight excluding hydrogens is 310 g/mol. The minimum atomic E-state index is 0.389. The Morgan fingerprint density at radius 2 is 2.16 bits per heavy atom. The van der Waals surface area contributed by atoms with Gasteiger partial charge in [0.1, 0.15) is 5.82 Å². The number of pyridine rings is 1. The molecule has 0 bridgehead atoms. The summed E-state index contributed by atoms with van der Waals surface area (Å²) in [5, 5.41) is 0. The second kappa shape index (κ2) is 8.59. The third-order valence-corrected chi connectivity index (χ3v) is 5.16. The standard InChI is InChI=1S/C20H31N5/c1-16(2)25-14-12-22-19(25)15-24(13-4-3-10-21)18-9-5-7-17-8-6-11-23-20(17)18/h6,8,11-12,14,16,18H,3-5,7,9-10,13,15,21H2,1-2H3. The average Bonchev–Trinajstić information content (AvgIpc) is 3.09. The van der Waals surface area contributed by atoms with Gasteiger partial charge in [0.05, 0.1) is 18.3 Å². The lowest BCUT2D eigenvalue weighted by Gasteiger charge is -2.35. The molecule has 0 radical (unpaired) electrons. The van der Waals surface area contributed by atoms with Crippen molar-refractivity contribution in [1.82, 2.24) is 19.4 Å². The number of fused-ring (bicyclic) bond motifs is 1. The number of nitrogens with two attached hydrogens (primary N) is 1. The van der Waals surface area contributed by atoms with Gasteiger partial charge in [-0.3, -0.25) is 9.88 Å². The topological polar surface area (TPSA) is 60.0 Å². The van der Waals surface area contributed by atoms with Gasteiger partial charge in [-0.05, 0) is 70.7 Å². The molecule has 25 heavy (non-hydrogen) atoms. The maximum atomic E-state index is 5.72. The number of hydrogen-bond donors (Lipinski definition) is 1. The third kappa shape index (κ3) is 4.28. The van der Waals surface area contributed by atoms with Crippen LogP contribution in [-0.4, -0.2) is 32.5 Å². The molecule has 136 valence electrons.